The second-order valence-corrected chi connectivity index (χ2v) is 7.01. The number of halogens is 1. The maximum atomic E-state index is 13.3. The van der Waals surface area contributed by atoms with Crippen molar-refractivity contribution in [2.24, 2.45) is 5.92 Å². The molecule has 2 heterocycles. The molecule has 5 nitrogen and oxygen atoms in total. The highest BCUT2D eigenvalue weighted by atomic mass is 19.1. The fourth-order valence-corrected chi connectivity index (χ4v) is 3.84. The van der Waals surface area contributed by atoms with E-state index in [4.69, 9.17) is 10.00 Å². The molecule has 146 valence electrons. The normalized spacial score (nSPS) is 15.7. The molecular formula is C22H24FN3O2. The third-order valence-electron chi connectivity index (χ3n) is 5.30. The molecule has 3 rings (SSSR count). The van der Waals surface area contributed by atoms with Gasteiger partial charge in [-0.1, -0.05) is 12.1 Å². The Hall–Kier alpha value is -2.94. The third-order valence-corrected chi connectivity index (χ3v) is 5.30. The van der Waals surface area contributed by atoms with E-state index in [-0.39, 0.29) is 17.7 Å². The van der Waals surface area contributed by atoms with Crippen LogP contribution in [0.1, 0.15) is 43.2 Å². The molecule has 1 aromatic carbocycles. The number of pyridine rings is 1. The summed E-state index contributed by atoms with van der Waals surface area (Å²) in [6.07, 6.45) is 3.70. The van der Waals surface area contributed by atoms with Gasteiger partial charge in [-0.05, 0) is 61.4 Å². The van der Waals surface area contributed by atoms with E-state index in [1.165, 1.54) is 12.1 Å². The van der Waals surface area contributed by atoms with Crippen LogP contribution < -0.4 is 4.90 Å². The van der Waals surface area contributed by atoms with Crippen LogP contribution in [-0.4, -0.2) is 30.6 Å². The number of hydrogen-bond donors (Lipinski definition) is 0. The van der Waals surface area contributed by atoms with Gasteiger partial charge in [0.15, 0.2) is 0 Å². The molecule has 28 heavy (non-hydrogen) atoms. The van der Waals surface area contributed by atoms with Crippen molar-refractivity contribution in [3.63, 3.8) is 0 Å². The fourth-order valence-electron chi connectivity index (χ4n) is 3.84. The van der Waals surface area contributed by atoms with Gasteiger partial charge in [0.25, 0.3) is 0 Å². The molecule has 0 radical (unpaired) electrons. The average molecular weight is 381 g/mol. The van der Waals surface area contributed by atoms with Crippen LogP contribution in [0, 0.1) is 23.1 Å². The lowest BCUT2D eigenvalue weighted by atomic mass is 9.78. The van der Waals surface area contributed by atoms with E-state index < -0.39 is 0 Å². The van der Waals surface area contributed by atoms with Gasteiger partial charge in [-0.25, -0.2) is 9.37 Å². The quantitative estimate of drug-likeness (QED) is 0.707. The summed E-state index contributed by atoms with van der Waals surface area (Å²) >= 11 is 0. The molecule has 6 heteroatoms. The highest BCUT2D eigenvalue weighted by Gasteiger charge is 2.30. The Morgan fingerprint density at radius 2 is 2.00 bits per heavy atom. The van der Waals surface area contributed by atoms with Crippen molar-refractivity contribution >= 4 is 11.8 Å². The van der Waals surface area contributed by atoms with Gasteiger partial charge >= 0.3 is 5.97 Å². The summed E-state index contributed by atoms with van der Waals surface area (Å²) in [6, 6.07) is 12.2. The monoisotopic (exact) mass is 381 g/mol. The molecule has 1 atom stereocenters. The van der Waals surface area contributed by atoms with E-state index in [1.807, 2.05) is 6.07 Å². The van der Waals surface area contributed by atoms with Crippen LogP contribution in [0.4, 0.5) is 10.2 Å². The number of rotatable bonds is 6. The zero-order valence-corrected chi connectivity index (χ0v) is 16.0. The van der Waals surface area contributed by atoms with E-state index in [2.05, 4.69) is 16.0 Å². The molecule has 0 amide bonds. The zero-order chi connectivity index (χ0) is 19.9. The molecule has 1 fully saturated rings. The summed E-state index contributed by atoms with van der Waals surface area (Å²) in [6.45, 7) is 3.81. The number of ether oxygens (including phenoxy) is 1. The summed E-state index contributed by atoms with van der Waals surface area (Å²) in [5.74, 6) is 0.690. The van der Waals surface area contributed by atoms with Crippen LogP contribution in [0.5, 0.6) is 0 Å². The number of piperidine rings is 1. The first kappa shape index (κ1) is 19.8. The molecule has 1 aromatic heterocycles. The molecule has 1 aliphatic heterocycles. The van der Waals surface area contributed by atoms with Gasteiger partial charge in [-0.2, -0.15) is 5.26 Å². The standard InChI is InChI=1S/C22H24FN3O2/c1-2-28-22(27)13-20(17-4-6-19(23)7-5-17)18-9-11-26(12-10-18)21-8-3-16(14-24)15-25-21/h3-8,15,18,20H,2,9-13H2,1H3/t20-/m0/s1. The molecule has 1 saturated heterocycles. The van der Waals surface area contributed by atoms with Crippen molar-refractivity contribution in [3.8, 4) is 6.07 Å². The minimum absolute atomic E-state index is 0.00993. The lowest BCUT2D eigenvalue weighted by Gasteiger charge is -2.36. The topological polar surface area (TPSA) is 66.2 Å². The number of carbonyl (C=O) groups is 1. The smallest absolute Gasteiger partial charge is 0.306 e. The number of nitriles is 1. The molecular weight excluding hydrogens is 357 g/mol. The van der Waals surface area contributed by atoms with Gasteiger partial charge in [0.1, 0.15) is 17.7 Å². The highest BCUT2D eigenvalue weighted by Crippen LogP contribution is 2.36. The van der Waals surface area contributed by atoms with E-state index in [9.17, 15) is 9.18 Å². The van der Waals surface area contributed by atoms with Crippen LogP contribution in [0.2, 0.25) is 0 Å². The Bertz CT molecular complexity index is 822. The van der Waals surface area contributed by atoms with Gasteiger partial charge < -0.3 is 9.64 Å². The fraction of sp³-hybridized carbons (Fsp3) is 0.409. The first-order valence-corrected chi connectivity index (χ1v) is 9.63. The number of carbonyl (C=O) groups excluding carboxylic acids is 1. The van der Waals surface area contributed by atoms with Crippen molar-refractivity contribution in [2.75, 3.05) is 24.6 Å². The van der Waals surface area contributed by atoms with E-state index >= 15 is 0 Å². The van der Waals surface area contributed by atoms with E-state index in [1.54, 1.807) is 31.3 Å². The summed E-state index contributed by atoms with van der Waals surface area (Å²) in [7, 11) is 0. The minimum Gasteiger partial charge on any atom is -0.466 e. The van der Waals surface area contributed by atoms with Gasteiger partial charge in [0.2, 0.25) is 0 Å². The first-order chi connectivity index (χ1) is 13.6. The van der Waals surface area contributed by atoms with Crippen molar-refractivity contribution in [1.82, 2.24) is 4.98 Å². The number of nitrogens with zero attached hydrogens (tertiary/aromatic N) is 3. The summed E-state index contributed by atoms with van der Waals surface area (Å²) in [5.41, 5.74) is 1.52. The van der Waals surface area contributed by atoms with Crippen LogP contribution in [-0.2, 0) is 9.53 Å². The van der Waals surface area contributed by atoms with E-state index in [0.29, 0.717) is 24.5 Å². The molecule has 0 spiro atoms. The molecule has 0 N–H and O–H groups in total. The second kappa shape index (κ2) is 9.32. The zero-order valence-electron chi connectivity index (χ0n) is 16.0. The maximum Gasteiger partial charge on any atom is 0.306 e. The van der Waals surface area contributed by atoms with Crippen LogP contribution in [0.3, 0.4) is 0 Å². The first-order valence-electron chi connectivity index (χ1n) is 9.63. The number of hydrogen-bond acceptors (Lipinski definition) is 5. The Kier molecular flexibility index (Phi) is 6.59. The van der Waals surface area contributed by atoms with Crippen molar-refractivity contribution in [1.29, 1.82) is 5.26 Å². The number of aromatic nitrogens is 1. The average Bonchev–Trinajstić information content (AvgIpc) is 2.73. The number of benzene rings is 1. The van der Waals surface area contributed by atoms with Crippen LogP contribution in [0.15, 0.2) is 42.6 Å². The van der Waals surface area contributed by atoms with Crippen molar-refractivity contribution in [2.45, 2.75) is 32.1 Å². The van der Waals surface area contributed by atoms with E-state index in [0.717, 1.165) is 37.3 Å². The molecule has 2 aromatic rings. The SMILES string of the molecule is CCOC(=O)C[C@@H](c1ccc(F)cc1)C1CCN(c2ccc(C#N)cn2)CC1. The minimum atomic E-state index is -0.277. The summed E-state index contributed by atoms with van der Waals surface area (Å²) in [5, 5.41) is 8.91. The van der Waals surface area contributed by atoms with Crippen molar-refractivity contribution < 1.29 is 13.9 Å². The van der Waals surface area contributed by atoms with Gasteiger partial charge in [0.05, 0.1) is 18.6 Å². The lowest BCUT2D eigenvalue weighted by Crippen LogP contribution is -2.36. The maximum absolute atomic E-state index is 13.3. The van der Waals surface area contributed by atoms with Gasteiger partial charge in [-0.3, -0.25) is 4.79 Å². The molecule has 1 aliphatic rings. The van der Waals surface area contributed by atoms with Crippen molar-refractivity contribution in [3.05, 3.63) is 59.5 Å². The van der Waals surface area contributed by atoms with Gasteiger partial charge in [-0.15, -0.1) is 0 Å². The Morgan fingerprint density at radius 3 is 2.57 bits per heavy atom. The summed E-state index contributed by atoms with van der Waals surface area (Å²) < 4.78 is 18.5. The summed E-state index contributed by atoms with van der Waals surface area (Å²) in [4.78, 5) is 18.7. The highest BCUT2D eigenvalue weighted by molar-refractivity contribution is 5.70. The van der Waals surface area contributed by atoms with Crippen LogP contribution >= 0.6 is 0 Å². The Morgan fingerprint density at radius 1 is 1.29 bits per heavy atom. The molecule has 0 bridgehead atoms. The molecule has 0 aliphatic carbocycles. The Labute approximate surface area is 164 Å². The van der Waals surface area contributed by atoms with Crippen LogP contribution in [0.25, 0.3) is 0 Å². The number of esters is 1. The third kappa shape index (κ3) is 4.86. The Balaban J connectivity index is 1.70. The second-order valence-electron chi connectivity index (χ2n) is 7.01. The number of anilines is 1. The molecule has 0 saturated carbocycles. The van der Waals surface area contributed by atoms with Gasteiger partial charge in [0, 0.05) is 19.3 Å². The predicted octanol–water partition coefficient (Wildman–Crippen LogP) is 4.05. The predicted molar refractivity (Wildman–Crippen MR) is 104 cm³/mol. The largest absolute Gasteiger partial charge is 0.466 e. The lowest BCUT2D eigenvalue weighted by molar-refractivity contribution is -0.143. The molecule has 0 unspecified atom stereocenters.